The van der Waals surface area contributed by atoms with Crippen LogP contribution >= 0.6 is 15.9 Å². The number of halogens is 1. The van der Waals surface area contributed by atoms with Crippen LogP contribution in [0.5, 0.6) is 17.2 Å². The van der Waals surface area contributed by atoms with E-state index in [4.69, 9.17) is 19.3 Å². The Hall–Kier alpha value is -8.16. The van der Waals surface area contributed by atoms with Crippen LogP contribution in [0, 0.1) is 6.92 Å². The Bertz CT molecular complexity index is 3370. The van der Waals surface area contributed by atoms with E-state index in [1.54, 1.807) is 33.9 Å². The molecule has 3 aliphatic heterocycles. The van der Waals surface area contributed by atoms with Crippen molar-refractivity contribution >= 4 is 80.8 Å². The molecule has 5 heterocycles. The van der Waals surface area contributed by atoms with Crippen molar-refractivity contribution in [3.05, 3.63) is 140 Å². The van der Waals surface area contributed by atoms with Crippen LogP contribution in [0.1, 0.15) is 95.8 Å². The highest BCUT2D eigenvalue weighted by Crippen LogP contribution is 2.39. The van der Waals surface area contributed by atoms with Gasteiger partial charge < -0.3 is 28.8 Å². The van der Waals surface area contributed by atoms with Gasteiger partial charge in [0.25, 0.3) is 17.7 Å². The summed E-state index contributed by atoms with van der Waals surface area (Å²) < 4.78 is 22.8. The van der Waals surface area contributed by atoms with Crippen molar-refractivity contribution in [3.8, 4) is 28.4 Å². The molecule has 2 saturated heterocycles. The van der Waals surface area contributed by atoms with Gasteiger partial charge in [-0.2, -0.15) is 5.10 Å². The number of hydrogen-bond donors (Lipinski definition) is 2. The molecule has 4 aromatic carbocycles. The fourth-order valence-corrected chi connectivity index (χ4v) is 10.7. The third-order valence-electron chi connectivity index (χ3n) is 14.2. The van der Waals surface area contributed by atoms with E-state index in [0.717, 1.165) is 50.0 Å². The molecule has 0 spiro atoms. The number of ether oxygens (including phenoxy) is 3. The fraction of sp³-hybridized carbons (Fsp3) is 0.298. The summed E-state index contributed by atoms with van der Waals surface area (Å²) in [5, 5.41) is 19.0. The first-order valence-electron chi connectivity index (χ1n) is 25.0. The number of fused-ring (bicyclic) bond motifs is 2. The molecular weight excluding hydrogens is 1040 g/mol. The van der Waals surface area contributed by atoms with Gasteiger partial charge in [0, 0.05) is 90.5 Å². The number of aromatic carboxylic acids is 1. The summed E-state index contributed by atoms with van der Waals surface area (Å²) in [5.74, 6) is -2.80. The molecule has 1 atom stereocenters. The summed E-state index contributed by atoms with van der Waals surface area (Å²) >= 11 is 3.40. The largest absolute Gasteiger partial charge is 0.493 e. The lowest BCUT2D eigenvalue weighted by atomic mass is 9.98. The minimum Gasteiger partial charge on any atom is -0.493 e. The second-order valence-corrected chi connectivity index (χ2v) is 19.5. The van der Waals surface area contributed by atoms with Gasteiger partial charge in [-0.25, -0.2) is 4.79 Å². The summed E-state index contributed by atoms with van der Waals surface area (Å²) in [6, 6.07) is 20.2. The van der Waals surface area contributed by atoms with Gasteiger partial charge >= 0.3 is 5.97 Å². The van der Waals surface area contributed by atoms with Crippen molar-refractivity contribution < 1.29 is 52.9 Å². The number of aryl methyl sites for hydroxylation is 2. The zero-order chi connectivity index (χ0) is 53.8. The van der Waals surface area contributed by atoms with Crippen LogP contribution in [-0.4, -0.2) is 128 Å². The maximum absolute atomic E-state index is 13.6. The maximum atomic E-state index is 13.6. The molecule has 0 aliphatic carbocycles. The topological polar surface area (TPSA) is 212 Å². The molecule has 6 aromatic rings. The molecule has 5 amide bonds. The summed E-state index contributed by atoms with van der Waals surface area (Å²) in [4.78, 5) is 95.1. The molecular formula is C57H56BrN7O11. The van der Waals surface area contributed by atoms with Gasteiger partial charge in [-0.05, 0) is 80.6 Å². The van der Waals surface area contributed by atoms with Gasteiger partial charge in [-0.3, -0.25) is 48.6 Å². The lowest BCUT2D eigenvalue weighted by Crippen LogP contribution is -2.54. The average Bonchev–Trinajstić information content (AvgIpc) is 4.03. The number of rotatable bonds is 20. The lowest BCUT2D eigenvalue weighted by molar-refractivity contribution is -0.136. The van der Waals surface area contributed by atoms with E-state index in [2.05, 4.69) is 32.7 Å². The normalized spacial score (nSPS) is 15.9. The number of benzene rings is 4. The molecule has 2 aromatic heterocycles. The average molecular weight is 1100 g/mol. The van der Waals surface area contributed by atoms with Crippen molar-refractivity contribution in [2.75, 3.05) is 45.9 Å². The summed E-state index contributed by atoms with van der Waals surface area (Å²) in [6.45, 7) is 10.2. The molecule has 76 heavy (non-hydrogen) atoms. The number of carboxylic acid groups (broad SMARTS) is 1. The van der Waals surface area contributed by atoms with Crippen molar-refractivity contribution in [3.63, 3.8) is 0 Å². The number of carboxylic acids is 1. The predicted molar refractivity (Wildman–Crippen MR) is 286 cm³/mol. The summed E-state index contributed by atoms with van der Waals surface area (Å²) in [7, 11) is 1.85. The minimum atomic E-state index is -1.14. The number of imide groups is 2. The molecule has 2 fully saturated rings. The number of piperazine rings is 1. The number of piperidine rings is 1. The van der Waals surface area contributed by atoms with Crippen LogP contribution in [0.15, 0.2) is 89.9 Å². The van der Waals surface area contributed by atoms with Gasteiger partial charge in [0.2, 0.25) is 11.8 Å². The highest BCUT2D eigenvalue weighted by Gasteiger charge is 2.46. The Balaban J connectivity index is 0.942. The Labute approximate surface area is 446 Å². The van der Waals surface area contributed by atoms with E-state index in [1.807, 2.05) is 74.0 Å². The van der Waals surface area contributed by atoms with Crippen molar-refractivity contribution in [1.82, 2.24) is 34.4 Å². The number of hydrogen-bond acceptors (Lipinski definition) is 12. The maximum Gasteiger partial charge on any atom is 0.352 e. The second-order valence-electron chi connectivity index (χ2n) is 18.7. The van der Waals surface area contributed by atoms with Crippen molar-refractivity contribution in [2.24, 2.45) is 7.05 Å². The standard InChI is InChI=1S/C57H56BrN7O11/c1-5-11-38-35(6-2)12-7-17-46(38)74-29-10-16-40-39-13-8-14-41(50-34(3)61(4)60-44(50)32-75-37-19-20-43(58)36(30-37)31-66)52(39)64(53(40)57(72)73)28-25-62-23-26-63(27-24-62)49(68)33-76-47-18-9-15-42-51(47)56(71)65(55(42)70)45-21-22-48(67)59-54(45)69/h5-9,11-15,17-20,30-31,45H,2,10,16,21-29,32-33H2,1,3-4H3,(H,72,73)(H,59,67,69)/b11-5-. The number of aromatic nitrogens is 3. The van der Waals surface area contributed by atoms with E-state index in [1.165, 1.54) is 18.2 Å². The number of carbonyl (C=O) groups excluding carboxylic acids is 6. The molecule has 2 N–H and O–H groups in total. The Kier molecular flexibility index (Phi) is 15.8. The van der Waals surface area contributed by atoms with Crippen molar-refractivity contribution in [1.29, 1.82) is 0 Å². The van der Waals surface area contributed by atoms with E-state index in [0.29, 0.717) is 91.5 Å². The summed E-state index contributed by atoms with van der Waals surface area (Å²) in [5.41, 5.74) is 6.89. The predicted octanol–water partition coefficient (Wildman–Crippen LogP) is 7.51. The van der Waals surface area contributed by atoms with Gasteiger partial charge in [0.05, 0.1) is 23.3 Å². The monoisotopic (exact) mass is 1090 g/mol. The highest BCUT2D eigenvalue weighted by molar-refractivity contribution is 9.10. The van der Waals surface area contributed by atoms with Crippen LogP contribution < -0.4 is 19.5 Å². The molecule has 0 radical (unpaired) electrons. The molecule has 19 heteroatoms. The first kappa shape index (κ1) is 52.7. The smallest absolute Gasteiger partial charge is 0.352 e. The van der Waals surface area contributed by atoms with Gasteiger partial charge in [0.15, 0.2) is 12.9 Å². The number of carbonyl (C=O) groups is 7. The lowest BCUT2D eigenvalue weighted by Gasteiger charge is -2.35. The number of amides is 5. The second kappa shape index (κ2) is 22.8. The van der Waals surface area contributed by atoms with E-state index in [-0.39, 0.29) is 47.9 Å². The van der Waals surface area contributed by atoms with E-state index in [9.17, 15) is 38.7 Å². The number of allylic oxidation sites excluding steroid dienone is 1. The molecule has 0 bridgehead atoms. The molecule has 18 nitrogen and oxygen atoms in total. The zero-order valence-electron chi connectivity index (χ0n) is 42.3. The SMILES string of the molecule is C=Cc1cccc(OCCCc2c(C(=O)O)n(CCN3CCN(C(=O)COc4cccc5c4C(=O)N(C4CCC(=O)NC4=O)C5=O)CC3)c3c(-c4c(COc5ccc(Br)c(C=O)c5)nn(C)c4C)cccc23)c1/C=C\C. The quantitative estimate of drug-likeness (QED) is 0.0431. The zero-order valence-corrected chi connectivity index (χ0v) is 43.9. The van der Waals surface area contributed by atoms with E-state index < -0.39 is 42.2 Å². The van der Waals surface area contributed by atoms with Gasteiger partial charge in [-0.1, -0.05) is 77.1 Å². The fourth-order valence-electron chi connectivity index (χ4n) is 10.3. The van der Waals surface area contributed by atoms with Crippen LogP contribution in [0.3, 0.4) is 0 Å². The Morgan fingerprint density at radius 3 is 2.38 bits per heavy atom. The first-order valence-corrected chi connectivity index (χ1v) is 25.8. The highest BCUT2D eigenvalue weighted by atomic mass is 79.9. The van der Waals surface area contributed by atoms with Gasteiger partial charge in [0.1, 0.15) is 41.3 Å². The Morgan fingerprint density at radius 2 is 1.64 bits per heavy atom. The van der Waals surface area contributed by atoms with Crippen LogP contribution in [0.4, 0.5) is 0 Å². The number of nitrogens with one attached hydrogen (secondary N) is 1. The molecule has 1 unspecified atom stereocenters. The molecule has 9 rings (SSSR count). The molecule has 392 valence electrons. The third-order valence-corrected chi connectivity index (χ3v) is 14.9. The Morgan fingerprint density at radius 1 is 0.895 bits per heavy atom. The van der Waals surface area contributed by atoms with Crippen molar-refractivity contribution in [2.45, 2.75) is 58.7 Å². The number of aldehydes is 1. The van der Waals surface area contributed by atoms with Crippen LogP contribution in [0.25, 0.3) is 34.2 Å². The van der Waals surface area contributed by atoms with E-state index >= 15 is 0 Å². The molecule has 0 saturated carbocycles. The molecule has 3 aliphatic rings. The van der Waals surface area contributed by atoms with Crippen LogP contribution in [0.2, 0.25) is 0 Å². The van der Waals surface area contributed by atoms with Gasteiger partial charge in [-0.15, -0.1) is 0 Å². The van der Waals surface area contributed by atoms with Crippen LogP contribution in [-0.2, 0) is 41.0 Å². The number of para-hydroxylation sites is 1. The first-order chi connectivity index (χ1) is 36.7. The third kappa shape index (κ3) is 10.4. The summed E-state index contributed by atoms with van der Waals surface area (Å²) in [6.07, 6.45) is 7.35. The number of nitrogens with zero attached hydrogens (tertiary/aromatic N) is 6. The minimum absolute atomic E-state index is 0.00534.